The lowest BCUT2D eigenvalue weighted by Gasteiger charge is -2.16. The van der Waals surface area contributed by atoms with Crippen LogP contribution in [0.2, 0.25) is 0 Å². The van der Waals surface area contributed by atoms with Crippen LogP contribution in [0.1, 0.15) is 19.8 Å². The van der Waals surface area contributed by atoms with Crippen LogP contribution in [0.25, 0.3) is 0 Å². The van der Waals surface area contributed by atoms with Gasteiger partial charge in [-0.05, 0) is 13.3 Å². The van der Waals surface area contributed by atoms with Crippen LogP contribution in [-0.4, -0.2) is 51.3 Å². The summed E-state index contributed by atoms with van der Waals surface area (Å²) in [5, 5.41) is 30.1. The van der Waals surface area contributed by atoms with Gasteiger partial charge in [0.2, 0.25) is 0 Å². The van der Waals surface area contributed by atoms with E-state index in [4.69, 9.17) is 15.3 Å². The van der Waals surface area contributed by atoms with Gasteiger partial charge in [0.25, 0.3) is 0 Å². The van der Waals surface area contributed by atoms with Gasteiger partial charge in [-0.15, -0.1) is 0 Å². The molecule has 20 heavy (non-hydrogen) atoms. The van der Waals surface area contributed by atoms with Gasteiger partial charge in [-0.3, -0.25) is 4.79 Å². The van der Waals surface area contributed by atoms with E-state index in [-0.39, 0.29) is 6.42 Å². The second-order valence-corrected chi connectivity index (χ2v) is 3.78. The van der Waals surface area contributed by atoms with Crippen LogP contribution in [0.15, 0.2) is 12.2 Å². The van der Waals surface area contributed by atoms with E-state index in [0.29, 0.717) is 0 Å². The van der Waals surface area contributed by atoms with Crippen LogP contribution < -0.4 is 10.6 Å². The molecule has 112 valence electrons. The summed E-state index contributed by atoms with van der Waals surface area (Å²) in [7, 11) is 0. The molecule has 0 rings (SSSR count). The zero-order valence-electron chi connectivity index (χ0n) is 10.7. The molecule has 5 N–H and O–H groups in total. The third-order valence-corrected chi connectivity index (χ3v) is 2.19. The summed E-state index contributed by atoms with van der Waals surface area (Å²) in [6, 6.07) is -3.71. The van der Waals surface area contributed by atoms with Gasteiger partial charge < -0.3 is 26.0 Å². The van der Waals surface area contributed by atoms with Gasteiger partial charge in [-0.25, -0.2) is 14.4 Å². The fraction of sp³-hybridized carbons (Fsp3) is 0.455. The summed E-state index contributed by atoms with van der Waals surface area (Å²) in [5.41, 5.74) is 0. The Kier molecular flexibility index (Phi) is 7.41. The minimum absolute atomic E-state index is 0.306. The molecule has 0 aliphatic heterocycles. The SMILES string of the molecule is C/C=C/[C@H](NC(=O)NC(CCC(=O)O)C(=O)O)C(=O)O. The topological polar surface area (TPSA) is 153 Å². The summed E-state index contributed by atoms with van der Waals surface area (Å²) in [5.74, 6) is -3.91. The highest BCUT2D eigenvalue weighted by atomic mass is 16.4. The average molecular weight is 288 g/mol. The number of carboxylic acids is 3. The van der Waals surface area contributed by atoms with Crippen molar-refractivity contribution in [3.63, 3.8) is 0 Å². The van der Waals surface area contributed by atoms with Gasteiger partial charge in [0.1, 0.15) is 12.1 Å². The maximum Gasteiger partial charge on any atom is 0.330 e. The van der Waals surface area contributed by atoms with E-state index in [2.05, 4.69) is 0 Å². The number of amides is 2. The molecule has 0 bridgehead atoms. The summed E-state index contributed by atoms with van der Waals surface area (Å²) in [4.78, 5) is 43.4. The van der Waals surface area contributed by atoms with E-state index in [1.807, 2.05) is 10.6 Å². The number of nitrogens with one attached hydrogen (secondary N) is 2. The molecule has 0 heterocycles. The highest BCUT2D eigenvalue weighted by molar-refractivity contribution is 5.87. The Balaban J connectivity index is 4.55. The molecule has 9 nitrogen and oxygen atoms in total. The number of allylic oxidation sites excluding steroid dienone is 1. The molecular formula is C11H16N2O7. The summed E-state index contributed by atoms with van der Waals surface area (Å²) in [6.07, 6.45) is 1.88. The first-order valence-electron chi connectivity index (χ1n) is 5.65. The van der Waals surface area contributed by atoms with E-state index >= 15 is 0 Å². The van der Waals surface area contributed by atoms with Crippen molar-refractivity contribution in [1.29, 1.82) is 0 Å². The third kappa shape index (κ3) is 6.99. The molecule has 0 saturated carbocycles. The molecule has 0 spiro atoms. The smallest absolute Gasteiger partial charge is 0.330 e. The van der Waals surface area contributed by atoms with Gasteiger partial charge in [0.15, 0.2) is 0 Å². The van der Waals surface area contributed by atoms with E-state index in [1.54, 1.807) is 6.92 Å². The fourth-order valence-corrected chi connectivity index (χ4v) is 1.25. The lowest BCUT2D eigenvalue weighted by molar-refractivity contribution is -0.140. The molecule has 0 aromatic rings. The second kappa shape index (κ2) is 8.51. The van der Waals surface area contributed by atoms with Crippen LogP contribution in [0, 0.1) is 0 Å². The van der Waals surface area contributed by atoms with Crippen LogP contribution in [-0.2, 0) is 14.4 Å². The molecule has 0 radical (unpaired) electrons. The largest absolute Gasteiger partial charge is 0.481 e. The Morgan fingerprint density at radius 1 is 1.05 bits per heavy atom. The van der Waals surface area contributed by atoms with Crippen molar-refractivity contribution < 1.29 is 34.5 Å². The zero-order valence-corrected chi connectivity index (χ0v) is 10.7. The lowest BCUT2D eigenvalue weighted by atomic mass is 10.1. The second-order valence-electron chi connectivity index (χ2n) is 3.78. The van der Waals surface area contributed by atoms with Crippen LogP contribution in [0.5, 0.6) is 0 Å². The van der Waals surface area contributed by atoms with Crippen molar-refractivity contribution in [3.05, 3.63) is 12.2 Å². The number of carboxylic acid groups (broad SMARTS) is 3. The molecule has 0 saturated heterocycles. The summed E-state index contributed by atoms with van der Waals surface area (Å²) >= 11 is 0. The number of urea groups is 1. The van der Waals surface area contributed by atoms with Crippen molar-refractivity contribution in [2.75, 3.05) is 0 Å². The standard InChI is InChI=1S/C11H16N2O7/c1-2-3-6(9(16)17)12-11(20)13-7(10(18)19)4-5-8(14)15/h2-3,6-7H,4-5H2,1H3,(H,14,15)(H,16,17)(H,18,19)(H2,12,13,20)/b3-2+/t6-,7?/m0/s1. The van der Waals surface area contributed by atoms with Crippen molar-refractivity contribution in [2.45, 2.75) is 31.8 Å². The number of hydrogen-bond donors (Lipinski definition) is 5. The third-order valence-electron chi connectivity index (χ3n) is 2.19. The first kappa shape index (κ1) is 17.4. The minimum atomic E-state index is -1.41. The van der Waals surface area contributed by atoms with Crippen molar-refractivity contribution in [3.8, 4) is 0 Å². The molecular weight excluding hydrogens is 272 g/mol. The molecule has 0 aliphatic rings. The number of rotatable bonds is 8. The molecule has 1 unspecified atom stereocenters. The molecule has 9 heteroatoms. The molecule has 0 aliphatic carbocycles. The van der Waals surface area contributed by atoms with Gasteiger partial charge in [-0.2, -0.15) is 0 Å². The predicted octanol–water partition coefficient (Wildman–Crippen LogP) is -0.367. The summed E-state index contributed by atoms with van der Waals surface area (Å²) < 4.78 is 0. The molecule has 0 aromatic heterocycles. The van der Waals surface area contributed by atoms with Crippen molar-refractivity contribution in [1.82, 2.24) is 10.6 Å². The maximum absolute atomic E-state index is 11.5. The van der Waals surface area contributed by atoms with E-state index in [9.17, 15) is 19.2 Å². The van der Waals surface area contributed by atoms with Crippen LogP contribution >= 0.6 is 0 Å². The van der Waals surface area contributed by atoms with Gasteiger partial charge >= 0.3 is 23.9 Å². The Bertz CT molecular complexity index is 419. The fourth-order valence-electron chi connectivity index (χ4n) is 1.25. The maximum atomic E-state index is 11.5. The van der Waals surface area contributed by atoms with Crippen molar-refractivity contribution in [2.24, 2.45) is 0 Å². The van der Waals surface area contributed by atoms with Crippen LogP contribution in [0.4, 0.5) is 4.79 Å². The molecule has 2 amide bonds. The minimum Gasteiger partial charge on any atom is -0.481 e. The number of carbonyl (C=O) groups excluding carboxylic acids is 1. The van der Waals surface area contributed by atoms with Crippen molar-refractivity contribution >= 4 is 23.9 Å². The van der Waals surface area contributed by atoms with E-state index in [0.717, 1.165) is 0 Å². The Hall–Kier alpha value is -2.58. The average Bonchev–Trinajstić information content (AvgIpc) is 2.33. The van der Waals surface area contributed by atoms with Gasteiger partial charge in [-0.1, -0.05) is 12.2 Å². The lowest BCUT2D eigenvalue weighted by Crippen LogP contribution is -2.50. The predicted molar refractivity (Wildman–Crippen MR) is 66.2 cm³/mol. The number of carbonyl (C=O) groups is 4. The highest BCUT2D eigenvalue weighted by Gasteiger charge is 2.23. The summed E-state index contributed by atoms with van der Waals surface area (Å²) in [6.45, 7) is 1.56. The Morgan fingerprint density at radius 2 is 1.65 bits per heavy atom. The first-order valence-corrected chi connectivity index (χ1v) is 5.65. The quantitative estimate of drug-likeness (QED) is 0.382. The van der Waals surface area contributed by atoms with Gasteiger partial charge in [0, 0.05) is 6.42 Å². The molecule has 0 aromatic carbocycles. The number of hydrogen-bond acceptors (Lipinski definition) is 4. The molecule has 2 atom stereocenters. The number of aliphatic carboxylic acids is 3. The normalized spacial score (nSPS) is 13.4. The van der Waals surface area contributed by atoms with Gasteiger partial charge in [0.05, 0.1) is 0 Å². The Morgan fingerprint density at radius 3 is 2.05 bits per heavy atom. The van der Waals surface area contributed by atoms with E-state index in [1.165, 1.54) is 12.2 Å². The monoisotopic (exact) mass is 288 g/mol. The molecule has 0 fully saturated rings. The van der Waals surface area contributed by atoms with E-state index < -0.39 is 42.4 Å². The zero-order chi connectivity index (χ0) is 15.7. The first-order chi connectivity index (χ1) is 9.27. The highest BCUT2D eigenvalue weighted by Crippen LogP contribution is 1.98. The van der Waals surface area contributed by atoms with Crippen LogP contribution in [0.3, 0.4) is 0 Å². The Labute approximate surface area is 114 Å².